The Morgan fingerprint density at radius 1 is 1.39 bits per heavy atom. The average Bonchev–Trinajstić information content (AvgIpc) is 2.96. The van der Waals surface area contributed by atoms with E-state index in [1.165, 1.54) is 12.3 Å². The van der Waals surface area contributed by atoms with Gasteiger partial charge in [0, 0.05) is 12.0 Å². The van der Waals surface area contributed by atoms with Gasteiger partial charge in [-0.1, -0.05) is 19.9 Å². The SMILES string of the molecule is CC1(C)CC(=O)C2=CC(C(=O)NCc3ccco3)C(=O)N=C2C1. The molecular weight excluding hydrogens is 296 g/mol. The number of nitrogens with zero attached hydrogens (tertiary/aromatic N) is 1. The third-order valence-electron chi connectivity index (χ3n) is 4.04. The summed E-state index contributed by atoms with van der Waals surface area (Å²) in [7, 11) is 0. The number of hydrogen-bond donors (Lipinski definition) is 1. The fourth-order valence-corrected chi connectivity index (χ4v) is 2.92. The highest BCUT2D eigenvalue weighted by molar-refractivity contribution is 6.29. The zero-order chi connectivity index (χ0) is 16.6. The van der Waals surface area contributed by atoms with Gasteiger partial charge in [-0.15, -0.1) is 0 Å². The van der Waals surface area contributed by atoms with E-state index in [9.17, 15) is 14.4 Å². The number of ketones is 1. The van der Waals surface area contributed by atoms with Crippen LogP contribution < -0.4 is 5.32 Å². The van der Waals surface area contributed by atoms with Crippen LogP contribution in [0.15, 0.2) is 39.5 Å². The van der Waals surface area contributed by atoms with Crippen molar-refractivity contribution >= 4 is 23.3 Å². The molecule has 6 nitrogen and oxygen atoms in total. The molecule has 1 fully saturated rings. The van der Waals surface area contributed by atoms with Crippen molar-refractivity contribution in [3.63, 3.8) is 0 Å². The van der Waals surface area contributed by atoms with Crippen LogP contribution in [0.3, 0.4) is 0 Å². The molecule has 2 amide bonds. The van der Waals surface area contributed by atoms with Crippen LogP contribution in [-0.2, 0) is 20.9 Å². The second-order valence-electron chi connectivity index (χ2n) is 6.69. The quantitative estimate of drug-likeness (QED) is 0.862. The molecule has 1 atom stereocenters. The standard InChI is InChI=1S/C17H18N2O4/c1-17(2)7-13-11(14(20)8-17)6-12(16(22)19-13)15(21)18-9-10-4-3-5-23-10/h3-6,12H,7-9H2,1-2H3,(H,18,21). The van der Waals surface area contributed by atoms with E-state index < -0.39 is 17.7 Å². The van der Waals surface area contributed by atoms with Crippen LogP contribution in [0.2, 0.25) is 0 Å². The molecule has 2 aliphatic rings. The van der Waals surface area contributed by atoms with Crippen LogP contribution in [0.1, 0.15) is 32.4 Å². The van der Waals surface area contributed by atoms with Crippen LogP contribution >= 0.6 is 0 Å². The normalized spacial score (nSPS) is 23.0. The second kappa shape index (κ2) is 5.61. The van der Waals surface area contributed by atoms with Crippen molar-refractivity contribution in [1.29, 1.82) is 0 Å². The third kappa shape index (κ3) is 3.16. The molecule has 0 aromatic carbocycles. The summed E-state index contributed by atoms with van der Waals surface area (Å²) in [4.78, 5) is 40.6. The molecule has 1 saturated carbocycles. The first kappa shape index (κ1) is 15.4. The number of aliphatic imine (C=N–C) groups is 1. The van der Waals surface area contributed by atoms with Crippen LogP contribution in [0.5, 0.6) is 0 Å². The minimum absolute atomic E-state index is 0.0589. The van der Waals surface area contributed by atoms with E-state index in [2.05, 4.69) is 10.3 Å². The van der Waals surface area contributed by atoms with Gasteiger partial charge in [0.15, 0.2) is 5.78 Å². The molecule has 2 heterocycles. The van der Waals surface area contributed by atoms with E-state index >= 15 is 0 Å². The average molecular weight is 314 g/mol. The Labute approximate surface area is 133 Å². The van der Waals surface area contributed by atoms with Gasteiger partial charge in [0.2, 0.25) is 5.91 Å². The molecule has 1 aromatic heterocycles. The Balaban J connectivity index is 1.75. The number of dihydropyridines is 1. The van der Waals surface area contributed by atoms with Gasteiger partial charge >= 0.3 is 0 Å². The molecule has 0 radical (unpaired) electrons. The van der Waals surface area contributed by atoms with Crippen molar-refractivity contribution < 1.29 is 18.8 Å². The van der Waals surface area contributed by atoms with Crippen LogP contribution in [-0.4, -0.2) is 23.3 Å². The summed E-state index contributed by atoms with van der Waals surface area (Å²) in [6.45, 7) is 4.13. The van der Waals surface area contributed by atoms with E-state index in [-0.39, 0.29) is 17.7 Å². The lowest BCUT2D eigenvalue weighted by Crippen LogP contribution is -2.40. The van der Waals surface area contributed by atoms with Crippen molar-refractivity contribution in [2.45, 2.75) is 33.2 Å². The highest BCUT2D eigenvalue weighted by atomic mass is 16.3. The second-order valence-corrected chi connectivity index (χ2v) is 6.69. The van der Waals surface area contributed by atoms with E-state index in [0.717, 1.165) is 0 Å². The number of nitrogens with one attached hydrogen (secondary N) is 1. The summed E-state index contributed by atoms with van der Waals surface area (Å²) in [6, 6.07) is 3.44. The molecule has 0 saturated heterocycles. The zero-order valence-corrected chi connectivity index (χ0v) is 13.1. The predicted molar refractivity (Wildman–Crippen MR) is 82.6 cm³/mol. The minimum atomic E-state index is -1.05. The van der Waals surface area contributed by atoms with Gasteiger partial charge in [0.25, 0.3) is 5.91 Å². The fourth-order valence-electron chi connectivity index (χ4n) is 2.92. The van der Waals surface area contributed by atoms with Gasteiger partial charge < -0.3 is 9.73 Å². The maximum absolute atomic E-state index is 12.3. The molecule has 1 unspecified atom stereocenters. The van der Waals surface area contributed by atoms with E-state index in [1.54, 1.807) is 12.1 Å². The summed E-state index contributed by atoms with van der Waals surface area (Å²) in [6.07, 6.45) is 3.93. The molecule has 1 aliphatic heterocycles. The zero-order valence-electron chi connectivity index (χ0n) is 13.1. The van der Waals surface area contributed by atoms with Gasteiger partial charge in [0.1, 0.15) is 11.7 Å². The molecule has 1 N–H and O–H groups in total. The topological polar surface area (TPSA) is 88.7 Å². The van der Waals surface area contributed by atoms with Crippen LogP contribution in [0, 0.1) is 11.3 Å². The number of carbonyl (C=O) groups is 3. The fraction of sp³-hybridized carbons (Fsp3) is 0.412. The van der Waals surface area contributed by atoms with Gasteiger partial charge in [-0.3, -0.25) is 14.4 Å². The molecule has 0 bridgehead atoms. The van der Waals surface area contributed by atoms with Gasteiger partial charge in [0.05, 0.1) is 18.5 Å². The van der Waals surface area contributed by atoms with Crippen LogP contribution in [0.4, 0.5) is 0 Å². The summed E-state index contributed by atoms with van der Waals surface area (Å²) >= 11 is 0. The Morgan fingerprint density at radius 2 is 2.17 bits per heavy atom. The number of rotatable bonds is 3. The number of amides is 2. The van der Waals surface area contributed by atoms with Crippen molar-refractivity contribution in [2.75, 3.05) is 0 Å². The lowest BCUT2D eigenvalue weighted by Gasteiger charge is -2.32. The Kier molecular flexibility index (Phi) is 3.75. The summed E-state index contributed by atoms with van der Waals surface area (Å²) in [5.41, 5.74) is 0.718. The number of allylic oxidation sites excluding steroid dienone is 1. The van der Waals surface area contributed by atoms with E-state index in [4.69, 9.17) is 4.42 Å². The summed E-state index contributed by atoms with van der Waals surface area (Å²) < 4.78 is 5.13. The first-order chi connectivity index (χ1) is 10.9. The highest BCUT2D eigenvalue weighted by Gasteiger charge is 2.39. The molecular formula is C17H18N2O4. The Hall–Kier alpha value is -2.50. The molecule has 6 heteroatoms. The molecule has 120 valence electrons. The van der Waals surface area contributed by atoms with Crippen LogP contribution in [0.25, 0.3) is 0 Å². The number of carbonyl (C=O) groups excluding carboxylic acids is 3. The molecule has 1 aromatic rings. The number of Topliss-reactive ketones (excluding diaryl/α,β-unsaturated/α-hetero) is 1. The van der Waals surface area contributed by atoms with Crippen molar-refractivity contribution in [2.24, 2.45) is 16.3 Å². The number of fused-ring (bicyclic) bond motifs is 1. The van der Waals surface area contributed by atoms with Gasteiger partial charge in [-0.05, 0) is 24.0 Å². The Morgan fingerprint density at radius 3 is 2.87 bits per heavy atom. The molecule has 0 spiro atoms. The van der Waals surface area contributed by atoms with Crippen molar-refractivity contribution in [1.82, 2.24) is 5.32 Å². The Bertz CT molecular complexity index is 726. The van der Waals surface area contributed by atoms with E-state index in [1.807, 2.05) is 13.8 Å². The summed E-state index contributed by atoms with van der Waals surface area (Å²) in [5, 5.41) is 2.63. The lowest BCUT2D eigenvalue weighted by atomic mass is 9.72. The monoisotopic (exact) mass is 314 g/mol. The van der Waals surface area contributed by atoms with Gasteiger partial charge in [-0.2, -0.15) is 0 Å². The minimum Gasteiger partial charge on any atom is -0.467 e. The maximum atomic E-state index is 12.3. The van der Waals surface area contributed by atoms with Crippen molar-refractivity contribution in [3.05, 3.63) is 35.8 Å². The third-order valence-corrected chi connectivity index (χ3v) is 4.04. The molecule has 1 aliphatic carbocycles. The largest absolute Gasteiger partial charge is 0.467 e. The molecule has 3 rings (SSSR count). The lowest BCUT2D eigenvalue weighted by molar-refractivity contribution is -0.131. The predicted octanol–water partition coefficient (Wildman–Crippen LogP) is 1.81. The first-order valence-corrected chi connectivity index (χ1v) is 7.53. The van der Waals surface area contributed by atoms with Gasteiger partial charge in [-0.25, -0.2) is 4.99 Å². The number of hydrogen-bond acceptors (Lipinski definition) is 4. The maximum Gasteiger partial charge on any atom is 0.262 e. The highest BCUT2D eigenvalue weighted by Crippen LogP contribution is 2.36. The smallest absolute Gasteiger partial charge is 0.262 e. The first-order valence-electron chi connectivity index (χ1n) is 7.53. The van der Waals surface area contributed by atoms with Crippen molar-refractivity contribution in [3.8, 4) is 0 Å². The molecule has 23 heavy (non-hydrogen) atoms. The number of furan rings is 1. The van der Waals surface area contributed by atoms with E-state index in [0.29, 0.717) is 29.9 Å². The summed E-state index contributed by atoms with van der Waals surface area (Å²) in [5.74, 6) is -1.51.